The van der Waals surface area contributed by atoms with Gasteiger partial charge in [-0.2, -0.15) is 0 Å². The zero-order chi connectivity index (χ0) is 13.9. The minimum absolute atomic E-state index is 0.0157. The largest absolute Gasteiger partial charge is 0.389 e. The molecule has 0 unspecified atom stereocenters. The molecule has 0 radical (unpaired) electrons. The van der Waals surface area contributed by atoms with Crippen LogP contribution in [0.4, 0.5) is 0 Å². The molecule has 2 saturated carbocycles. The number of hydrogen-bond acceptors (Lipinski definition) is 2. The van der Waals surface area contributed by atoms with Gasteiger partial charge in [-0.3, -0.25) is 0 Å². The summed E-state index contributed by atoms with van der Waals surface area (Å²) in [7, 11) is 0. The van der Waals surface area contributed by atoms with Crippen LogP contribution >= 0.6 is 0 Å². The van der Waals surface area contributed by atoms with Crippen molar-refractivity contribution in [3.63, 3.8) is 0 Å². The molecule has 0 spiro atoms. The van der Waals surface area contributed by atoms with E-state index in [1.54, 1.807) is 0 Å². The minimum Gasteiger partial charge on any atom is -0.389 e. The first kappa shape index (κ1) is 13.5. The third-order valence-corrected chi connectivity index (χ3v) is 6.65. The zero-order valence-corrected chi connectivity index (χ0v) is 13.3. The number of nitrogens with zero attached hydrogens (tertiary/aromatic N) is 1. The van der Waals surface area contributed by atoms with Gasteiger partial charge < -0.3 is 4.84 Å². The van der Waals surface area contributed by atoms with E-state index in [9.17, 15) is 0 Å². The summed E-state index contributed by atoms with van der Waals surface area (Å²) in [4.78, 5) is 5.95. The Balaban J connectivity index is 2.00. The van der Waals surface area contributed by atoms with Gasteiger partial charge in [-0.25, -0.2) is 0 Å². The highest BCUT2D eigenvalue weighted by Crippen LogP contribution is 2.64. The summed E-state index contributed by atoms with van der Waals surface area (Å²) in [5, 5.41) is 4.31. The fourth-order valence-corrected chi connectivity index (χ4v) is 5.68. The molecule has 2 aliphatic carbocycles. The third kappa shape index (κ3) is 1.86. The van der Waals surface area contributed by atoms with E-state index in [0.29, 0.717) is 16.7 Å². The average molecular weight is 263 g/mol. The molecule has 0 N–H and O–H groups in total. The Labute approximate surface area is 118 Å². The van der Waals surface area contributed by atoms with E-state index < -0.39 is 0 Å². The molecule has 1 heterocycles. The van der Waals surface area contributed by atoms with Gasteiger partial charge in [0, 0.05) is 5.92 Å². The van der Waals surface area contributed by atoms with Crippen LogP contribution in [0.15, 0.2) is 5.16 Å². The van der Waals surface area contributed by atoms with Crippen molar-refractivity contribution in [1.29, 1.82) is 0 Å². The Kier molecular flexibility index (Phi) is 2.82. The lowest BCUT2D eigenvalue weighted by molar-refractivity contribution is -0.196. The first-order valence-electron chi connectivity index (χ1n) is 8.00. The SMILES string of the molecule is CC1=NO[C@]2(C)CC[C@@H]3C(C)(C)CCC[C@@]3(C)[C@H]2C1. The predicted octanol–water partition coefficient (Wildman–Crippen LogP) is 4.78. The molecule has 1 aliphatic heterocycles. The van der Waals surface area contributed by atoms with Gasteiger partial charge in [0.2, 0.25) is 0 Å². The summed E-state index contributed by atoms with van der Waals surface area (Å²) >= 11 is 0. The first-order chi connectivity index (χ1) is 8.78. The Bertz CT molecular complexity index is 413. The van der Waals surface area contributed by atoms with Crippen molar-refractivity contribution in [3.8, 4) is 0 Å². The molecular weight excluding hydrogens is 234 g/mol. The van der Waals surface area contributed by atoms with Crippen molar-refractivity contribution < 1.29 is 4.84 Å². The predicted molar refractivity (Wildman–Crippen MR) is 79.2 cm³/mol. The number of fused-ring (bicyclic) bond motifs is 3. The highest BCUT2D eigenvalue weighted by Gasteiger charge is 2.60. The van der Waals surface area contributed by atoms with Crippen molar-refractivity contribution in [3.05, 3.63) is 0 Å². The van der Waals surface area contributed by atoms with E-state index >= 15 is 0 Å². The topological polar surface area (TPSA) is 21.6 Å². The Morgan fingerprint density at radius 3 is 2.53 bits per heavy atom. The summed E-state index contributed by atoms with van der Waals surface area (Å²) in [6.07, 6.45) is 7.77. The van der Waals surface area contributed by atoms with Gasteiger partial charge in [0.05, 0.1) is 5.71 Å². The first-order valence-corrected chi connectivity index (χ1v) is 8.00. The van der Waals surface area contributed by atoms with Crippen molar-refractivity contribution in [2.24, 2.45) is 27.8 Å². The molecule has 19 heavy (non-hydrogen) atoms. The fraction of sp³-hybridized carbons (Fsp3) is 0.941. The molecule has 2 heteroatoms. The van der Waals surface area contributed by atoms with Gasteiger partial charge in [-0.05, 0) is 62.7 Å². The van der Waals surface area contributed by atoms with Gasteiger partial charge in [-0.15, -0.1) is 0 Å². The fourth-order valence-electron chi connectivity index (χ4n) is 5.68. The summed E-state index contributed by atoms with van der Waals surface area (Å²) in [5.74, 6) is 1.50. The highest BCUT2D eigenvalue weighted by atomic mass is 16.7. The normalized spacial score (nSPS) is 48.6. The van der Waals surface area contributed by atoms with Crippen LogP contribution in [0.3, 0.4) is 0 Å². The molecule has 4 atom stereocenters. The maximum absolute atomic E-state index is 5.95. The molecule has 0 amide bonds. The second kappa shape index (κ2) is 3.99. The van der Waals surface area contributed by atoms with Gasteiger partial charge in [-0.1, -0.05) is 32.3 Å². The lowest BCUT2D eigenvalue weighted by Gasteiger charge is -2.62. The molecule has 3 aliphatic rings. The van der Waals surface area contributed by atoms with E-state index in [-0.39, 0.29) is 5.60 Å². The molecule has 2 nitrogen and oxygen atoms in total. The van der Waals surface area contributed by atoms with Crippen LogP contribution in [0, 0.1) is 22.7 Å². The smallest absolute Gasteiger partial charge is 0.138 e. The van der Waals surface area contributed by atoms with Crippen LogP contribution in [0.5, 0.6) is 0 Å². The molecule has 0 bridgehead atoms. The van der Waals surface area contributed by atoms with Crippen molar-refractivity contribution >= 4 is 5.71 Å². The summed E-state index contributed by atoms with van der Waals surface area (Å²) < 4.78 is 0. The number of oxime groups is 1. The van der Waals surface area contributed by atoms with Crippen molar-refractivity contribution in [1.82, 2.24) is 0 Å². The molecule has 0 aromatic heterocycles. The summed E-state index contributed by atoms with van der Waals surface area (Å²) in [6, 6.07) is 0. The van der Waals surface area contributed by atoms with Crippen LogP contribution in [0.2, 0.25) is 0 Å². The number of hydrogen-bond donors (Lipinski definition) is 0. The second-order valence-corrected chi connectivity index (χ2v) is 8.43. The van der Waals surface area contributed by atoms with Crippen LogP contribution in [-0.2, 0) is 4.84 Å². The minimum atomic E-state index is -0.0157. The summed E-state index contributed by atoms with van der Waals surface area (Å²) in [6.45, 7) is 11.9. The second-order valence-electron chi connectivity index (χ2n) is 8.43. The lowest BCUT2D eigenvalue weighted by atomic mass is 9.45. The van der Waals surface area contributed by atoms with Crippen molar-refractivity contribution in [2.75, 3.05) is 0 Å². The maximum Gasteiger partial charge on any atom is 0.138 e. The molecule has 0 aromatic carbocycles. The Morgan fingerprint density at radius 2 is 1.79 bits per heavy atom. The molecule has 2 fully saturated rings. The Morgan fingerprint density at radius 1 is 1.05 bits per heavy atom. The van der Waals surface area contributed by atoms with Crippen LogP contribution in [0.25, 0.3) is 0 Å². The van der Waals surface area contributed by atoms with Gasteiger partial charge in [0.15, 0.2) is 0 Å². The van der Waals surface area contributed by atoms with Crippen LogP contribution in [-0.4, -0.2) is 11.3 Å². The lowest BCUT2D eigenvalue weighted by Crippen LogP contribution is -2.59. The van der Waals surface area contributed by atoms with E-state index in [1.165, 1.54) is 37.8 Å². The van der Waals surface area contributed by atoms with E-state index in [1.807, 2.05) is 0 Å². The zero-order valence-electron chi connectivity index (χ0n) is 13.3. The van der Waals surface area contributed by atoms with Gasteiger partial charge >= 0.3 is 0 Å². The average Bonchev–Trinajstić information content (AvgIpc) is 2.30. The monoisotopic (exact) mass is 263 g/mol. The highest BCUT2D eigenvalue weighted by molar-refractivity contribution is 5.82. The van der Waals surface area contributed by atoms with Gasteiger partial charge in [0.25, 0.3) is 0 Å². The van der Waals surface area contributed by atoms with Crippen LogP contribution in [0.1, 0.15) is 73.1 Å². The molecule has 0 saturated heterocycles. The molecule has 108 valence electrons. The van der Waals surface area contributed by atoms with Crippen LogP contribution < -0.4 is 0 Å². The third-order valence-electron chi connectivity index (χ3n) is 6.65. The van der Waals surface area contributed by atoms with Gasteiger partial charge in [0.1, 0.15) is 5.60 Å². The standard InChI is InChI=1S/C17H29NO/c1-12-11-14-16(4)9-6-8-15(2,3)13(16)7-10-17(14,5)19-18-12/h13-14H,6-11H2,1-5H3/t13-,14-,16-,17-/m1/s1. The summed E-state index contributed by atoms with van der Waals surface area (Å²) in [5.41, 5.74) is 2.11. The maximum atomic E-state index is 5.95. The van der Waals surface area contributed by atoms with E-state index in [2.05, 4.69) is 39.8 Å². The quantitative estimate of drug-likeness (QED) is 0.616. The Hall–Kier alpha value is -0.530. The molecule has 0 aromatic rings. The van der Waals surface area contributed by atoms with E-state index in [4.69, 9.17) is 4.84 Å². The molecule has 3 rings (SSSR count). The molecular formula is C17H29NO. The number of rotatable bonds is 0. The van der Waals surface area contributed by atoms with E-state index in [0.717, 1.165) is 12.3 Å². The van der Waals surface area contributed by atoms with Crippen molar-refractivity contribution in [2.45, 2.75) is 78.7 Å².